The molecule has 0 aliphatic carbocycles. The summed E-state index contributed by atoms with van der Waals surface area (Å²) in [6.07, 6.45) is 0. The van der Waals surface area contributed by atoms with E-state index in [-0.39, 0.29) is 0 Å². The summed E-state index contributed by atoms with van der Waals surface area (Å²) in [7, 11) is 0. The predicted octanol–water partition coefficient (Wildman–Crippen LogP) is 6.04. The summed E-state index contributed by atoms with van der Waals surface area (Å²) in [5.41, 5.74) is 3.78. The standard InChI is InChI=1S/C25H16N/c1-3-7-22-17(5-1)9-11-19-13-15-21-16-14-20-12-10-18-6-2-4-8-23(18)25(20)26(21)24(19)22/h1-16H/q+1. The van der Waals surface area contributed by atoms with Gasteiger partial charge in [0.15, 0.2) is 0 Å². The fraction of sp³-hybridized carbons (Fsp3) is 0. The number of nitrogens with zero attached hydrogens (tertiary/aromatic N) is 1. The first-order chi connectivity index (χ1) is 12.9. The summed E-state index contributed by atoms with van der Waals surface area (Å²) in [5.74, 6) is 0. The second-order valence-electron chi connectivity index (χ2n) is 6.88. The van der Waals surface area contributed by atoms with Gasteiger partial charge in [-0.3, -0.25) is 0 Å². The summed E-state index contributed by atoms with van der Waals surface area (Å²) >= 11 is 0. The third kappa shape index (κ3) is 1.77. The highest BCUT2D eigenvalue weighted by atomic mass is 14.9. The zero-order chi connectivity index (χ0) is 17.1. The highest BCUT2D eigenvalue weighted by Gasteiger charge is 2.18. The Balaban J connectivity index is 2.03. The van der Waals surface area contributed by atoms with Gasteiger partial charge < -0.3 is 0 Å². The van der Waals surface area contributed by atoms with Crippen molar-refractivity contribution in [1.82, 2.24) is 0 Å². The van der Waals surface area contributed by atoms with Crippen molar-refractivity contribution in [2.75, 3.05) is 0 Å². The van der Waals surface area contributed by atoms with Gasteiger partial charge in [0.1, 0.15) is 0 Å². The van der Waals surface area contributed by atoms with Gasteiger partial charge in [0.2, 0.25) is 16.6 Å². The van der Waals surface area contributed by atoms with E-state index in [9.17, 15) is 0 Å². The van der Waals surface area contributed by atoms with Crippen LogP contribution in [0.5, 0.6) is 0 Å². The Morgan fingerprint density at radius 1 is 0.385 bits per heavy atom. The Morgan fingerprint density at radius 3 is 1.35 bits per heavy atom. The van der Waals surface area contributed by atoms with Gasteiger partial charge in [0.05, 0.1) is 10.8 Å². The quantitative estimate of drug-likeness (QED) is 0.236. The van der Waals surface area contributed by atoms with Gasteiger partial charge in [-0.05, 0) is 47.2 Å². The lowest BCUT2D eigenvalue weighted by Crippen LogP contribution is -2.24. The largest absolute Gasteiger partial charge is 0.226 e. The second-order valence-corrected chi connectivity index (χ2v) is 6.88. The zero-order valence-electron chi connectivity index (χ0n) is 14.2. The van der Waals surface area contributed by atoms with Gasteiger partial charge in [-0.2, -0.15) is 4.40 Å². The van der Waals surface area contributed by atoms with Gasteiger partial charge in [0.25, 0.3) is 0 Å². The average Bonchev–Trinajstić information content (AvgIpc) is 2.72. The van der Waals surface area contributed by atoms with E-state index in [0.717, 1.165) is 0 Å². The number of fused-ring (bicyclic) bond motifs is 9. The highest BCUT2D eigenvalue weighted by molar-refractivity contribution is 6.07. The fourth-order valence-corrected chi connectivity index (χ4v) is 4.24. The highest BCUT2D eigenvalue weighted by Crippen LogP contribution is 2.28. The molecule has 2 heterocycles. The minimum atomic E-state index is 1.22. The smallest absolute Gasteiger partial charge is 0.152 e. The van der Waals surface area contributed by atoms with Gasteiger partial charge in [-0.15, -0.1) is 0 Å². The van der Waals surface area contributed by atoms with E-state index in [2.05, 4.69) is 101 Å². The molecule has 6 aromatic rings. The molecule has 0 aliphatic heterocycles. The summed E-state index contributed by atoms with van der Waals surface area (Å²) in [6.45, 7) is 0. The van der Waals surface area contributed by atoms with Crippen molar-refractivity contribution in [3.05, 3.63) is 97.1 Å². The normalized spacial score (nSPS) is 11.8. The third-order valence-electron chi connectivity index (χ3n) is 5.44. The Labute approximate surface area is 150 Å². The fourth-order valence-electron chi connectivity index (χ4n) is 4.24. The number of hydrogen-bond donors (Lipinski definition) is 0. The van der Waals surface area contributed by atoms with E-state index >= 15 is 0 Å². The van der Waals surface area contributed by atoms with Crippen molar-refractivity contribution < 1.29 is 4.40 Å². The number of pyridine rings is 2. The van der Waals surface area contributed by atoms with E-state index in [1.807, 2.05) is 0 Å². The Kier molecular flexibility index (Phi) is 2.67. The molecule has 0 aliphatic rings. The molecule has 1 nitrogen and oxygen atoms in total. The van der Waals surface area contributed by atoms with Crippen LogP contribution in [0.2, 0.25) is 0 Å². The second kappa shape index (κ2) is 5.03. The molecular weight excluding hydrogens is 314 g/mol. The summed E-state index contributed by atoms with van der Waals surface area (Å²) < 4.78 is 2.44. The molecule has 0 unspecified atom stereocenters. The van der Waals surface area contributed by atoms with Crippen LogP contribution < -0.4 is 4.40 Å². The van der Waals surface area contributed by atoms with Gasteiger partial charge >= 0.3 is 0 Å². The van der Waals surface area contributed by atoms with E-state index in [4.69, 9.17) is 0 Å². The predicted molar refractivity (Wildman–Crippen MR) is 110 cm³/mol. The molecule has 2 aromatic heterocycles. The van der Waals surface area contributed by atoms with Crippen molar-refractivity contribution >= 4 is 48.9 Å². The van der Waals surface area contributed by atoms with Crippen LogP contribution >= 0.6 is 0 Å². The maximum Gasteiger partial charge on any atom is 0.226 e. The molecule has 6 rings (SSSR count). The van der Waals surface area contributed by atoms with Crippen LogP contribution in [0.25, 0.3) is 48.9 Å². The molecule has 0 amide bonds. The van der Waals surface area contributed by atoms with Crippen LogP contribution in [0.4, 0.5) is 0 Å². The third-order valence-corrected chi connectivity index (χ3v) is 5.44. The van der Waals surface area contributed by atoms with Crippen LogP contribution in [0.15, 0.2) is 97.1 Å². The number of hydrogen-bond acceptors (Lipinski definition) is 0. The maximum atomic E-state index is 2.44. The molecule has 1 heteroatoms. The van der Waals surface area contributed by atoms with Crippen LogP contribution in [0.1, 0.15) is 0 Å². The average molecular weight is 330 g/mol. The molecule has 120 valence electrons. The van der Waals surface area contributed by atoms with E-state index in [1.54, 1.807) is 0 Å². The first-order valence-electron chi connectivity index (χ1n) is 8.97. The first-order valence-corrected chi connectivity index (χ1v) is 8.97. The summed E-state index contributed by atoms with van der Waals surface area (Å²) in [4.78, 5) is 0. The van der Waals surface area contributed by atoms with Gasteiger partial charge in [0, 0.05) is 22.9 Å². The van der Waals surface area contributed by atoms with Crippen molar-refractivity contribution in [1.29, 1.82) is 0 Å². The van der Waals surface area contributed by atoms with Crippen LogP contribution in [-0.2, 0) is 0 Å². The Morgan fingerprint density at radius 2 is 0.808 bits per heavy atom. The monoisotopic (exact) mass is 330 g/mol. The lowest BCUT2D eigenvalue weighted by molar-refractivity contribution is -0.448. The first kappa shape index (κ1) is 13.8. The lowest BCUT2D eigenvalue weighted by Gasteiger charge is -2.06. The van der Waals surface area contributed by atoms with Crippen molar-refractivity contribution in [2.45, 2.75) is 0 Å². The molecule has 0 atom stereocenters. The molecule has 0 spiro atoms. The SMILES string of the molecule is c1ccc2c(c1)ccc1ccc3ccc4ccc5ccccc5c4[n+]3c12. The van der Waals surface area contributed by atoms with Crippen LogP contribution in [0, 0.1) is 0 Å². The molecule has 0 N–H and O–H groups in total. The lowest BCUT2D eigenvalue weighted by atomic mass is 10.0. The van der Waals surface area contributed by atoms with Crippen LogP contribution in [-0.4, -0.2) is 0 Å². The Hall–Kier alpha value is -3.45. The van der Waals surface area contributed by atoms with Gasteiger partial charge in [-0.25, -0.2) is 0 Å². The van der Waals surface area contributed by atoms with Gasteiger partial charge in [-0.1, -0.05) is 48.5 Å². The molecule has 0 bridgehead atoms. The molecular formula is C25H16N+. The van der Waals surface area contributed by atoms with E-state index < -0.39 is 0 Å². The number of rotatable bonds is 0. The molecule has 26 heavy (non-hydrogen) atoms. The van der Waals surface area contributed by atoms with Crippen molar-refractivity contribution in [3.8, 4) is 0 Å². The zero-order valence-corrected chi connectivity index (χ0v) is 14.2. The summed E-state index contributed by atoms with van der Waals surface area (Å²) in [5, 5.41) is 7.67. The topological polar surface area (TPSA) is 4.10 Å². The van der Waals surface area contributed by atoms with Crippen LogP contribution in [0.3, 0.4) is 0 Å². The maximum absolute atomic E-state index is 2.44. The minimum absolute atomic E-state index is 1.22. The van der Waals surface area contributed by atoms with Crippen molar-refractivity contribution in [3.63, 3.8) is 0 Å². The Bertz CT molecular complexity index is 1360. The molecule has 4 aromatic carbocycles. The molecule has 0 saturated heterocycles. The number of benzene rings is 4. The minimum Gasteiger partial charge on any atom is -0.152 e. The molecule has 0 fully saturated rings. The van der Waals surface area contributed by atoms with E-state index in [1.165, 1.54) is 48.9 Å². The summed E-state index contributed by atoms with van der Waals surface area (Å²) in [6, 6.07) is 35.1. The molecule has 0 saturated carbocycles. The van der Waals surface area contributed by atoms with E-state index in [0.29, 0.717) is 0 Å². The van der Waals surface area contributed by atoms with Crippen molar-refractivity contribution in [2.24, 2.45) is 0 Å². The number of aromatic nitrogens is 1. The molecule has 0 radical (unpaired) electrons.